The predicted octanol–water partition coefficient (Wildman–Crippen LogP) is 0.556. The molecule has 2 aromatic rings. The molecule has 2 aromatic heterocycles. The van der Waals surface area contributed by atoms with E-state index >= 15 is 0 Å². The summed E-state index contributed by atoms with van der Waals surface area (Å²) >= 11 is 0. The van der Waals surface area contributed by atoms with Gasteiger partial charge in [0.05, 0.1) is 0 Å². The van der Waals surface area contributed by atoms with Crippen molar-refractivity contribution in [2.24, 2.45) is 0 Å². The zero-order valence-electron chi connectivity index (χ0n) is 9.47. The van der Waals surface area contributed by atoms with Gasteiger partial charge in [-0.1, -0.05) is 0 Å². The Kier molecular flexibility index (Phi) is 2.60. The number of hydrogen-bond donors (Lipinski definition) is 1. The van der Waals surface area contributed by atoms with Crippen LogP contribution in [0.5, 0.6) is 0 Å². The van der Waals surface area contributed by atoms with Crippen LogP contribution in [0.25, 0.3) is 5.65 Å². The highest BCUT2D eigenvalue weighted by Gasteiger charge is 2.18. The van der Waals surface area contributed by atoms with E-state index in [9.17, 15) is 4.79 Å². The van der Waals surface area contributed by atoms with Gasteiger partial charge in [-0.15, -0.1) is 0 Å². The minimum absolute atomic E-state index is 0.120. The molecule has 3 heterocycles. The molecule has 0 unspecified atom stereocenters. The number of piperidine rings is 1. The number of fused-ring (bicyclic) bond motifs is 1. The summed E-state index contributed by atoms with van der Waals surface area (Å²) < 4.78 is 1.39. The van der Waals surface area contributed by atoms with Crippen LogP contribution in [0.1, 0.15) is 24.3 Å². The molecule has 0 radical (unpaired) electrons. The van der Waals surface area contributed by atoms with Crippen LogP contribution >= 0.6 is 0 Å². The maximum atomic E-state index is 11.7. The minimum atomic E-state index is -0.120. The van der Waals surface area contributed by atoms with Gasteiger partial charge in [-0.2, -0.15) is 9.61 Å². The van der Waals surface area contributed by atoms with E-state index in [0.29, 0.717) is 11.6 Å². The monoisotopic (exact) mass is 230 g/mol. The van der Waals surface area contributed by atoms with Crippen molar-refractivity contribution < 1.29 is 0 Å². The highest BCUT2D eigenvalue weighted by molar-refractivity contribution is 5.47. The van der Waals surface area contributed by atoms with Crippen molar-refractivity contribution in [2.75, 3.05) is 13.1 Å². The third-order valence-electron chi connectivity index (χ3n) is 3.30. The van der Waals surface area contributed by atoms with Gasteiger partial charge in [-0.25, -0.2) is 4.98 Å². The SMILES string of the molecule is O=c1ccnc2c(C3CCNCC3)ccnn12. The second kappa shape index (κ2) is 4.25. The van der Waals surface area contributed by atoms with Crippen LogP contribution in [-0.4, -0.2) is 27.7 Å². The number of rotatable bonds is 1. The van der Waals surface area contributed by atoms with Gasteiger partial charge in [-0.3, -0.25) is 4.79 Å². The molecular formula is C12H14N4O. The molecule has 1 aliphatic heterocycles. The first kappa shape index (κ1) is 10.4. The van der Waals surface area contributed by atoms with Crippen LogP contribution in [0.2, 0.25) is 0 Å². The lowest BCUT2D eigenvalue weighted by Gasteiger charge is -2.23. The molecular weight excluding hydrogens is 216 g/mol. The molecule has 0 aliphatic carbocycles. The quantitative estimate of drug-likeness (QED) is 0.777. The summed E-state index contributed by atoms with van der Waals surface area (Å²) in [5, 5.41) is 7.40. The molecule has 5 nitrogen and oxygen atoms in total. The fourth-order valence-corrected chi connectivity index (χ4v) is 2.42. The van der Waals surface area contributed by atoms with Crippen LogP contribution in [0.4, 0.5) is 0 Å². The average Bonchev–Trinajstić information content (AvgIpc) is 2.40. The molecule has 0 aromatic carbocycles. The Morgan fingerprint density at radius 2 is 2.06 bits per heavy atom. The lowest BCUT2D eigenvalue weighted by Crippen LogP contribution is -2.27. The first-order valence-electron chi connectivity index (χ1n) is 5.90. The van der Waals surface area contributed by atoms with E-state index < -0.39 is 0 Å². The molecule has 88 valence electrons. The molecule has 1 saturated heterocycles. The predicted molar refractivity (Wildman–Crippen MR) is 64.1 cm³/mol. The van der Waals surface area contributed by atoms with E-state index in [2.05, 4.69) is 15.4 Å². The highest BCUT2D eigenvalue weighted by Crippen LogP contribution is 2.26. The highest BCUT2D eigenvalue weighted by atomic mass is 16.1. The van der Waals surface area contributed by atoms with Gasteiger partial charge in [0.2, 0.25) is 0 Å². The summed E-state index contributed by atoms with van der Waals surface area (Å²) in [7, 11) is 0. The number of nitrogens with zero attached hydrogens (tertiary/aromatic N) is 3. The number of hydrogen-bond acceptors (Lipinski definition) is 4. The van der Waals surface area contributed by atoms with Crippen LogP contribution in [0.3, 0.4) is 0 Å². The zero-order valence-corrected chi connectivity index (χ0v) is 9.47. The molecule has 5 heteroatoms. The van der Waals surface area contributed by atoms with E-state index in [1.807, 2.05) is 6.07 Å². The maximum absolute atomic E-state index is 11.7. The summed E-state index contributed by atoms with van der Waals surface area (Å²) in [6.45, 7) is 2.05. The topological polar surface area (TPSA) is 59.3 Å². The van der Waals surface area contributed by atoms with Crippen molar-refractivity contribution in [3.05, 3.63) is 40.4 Å². The van der Waals surface area contributed by atoms with Crippen LogP contribution in [0.15, 0.2) is 29.3 Å². The van der Waals surface area contributed by atoms with E-state index in [0.717, 1.165) is 31.5 Å². The Balaban J connectivity index is 2.15. The Hall–Kier alpha value is -1.75. The van der Waals surface area contributed by atoms with E-state index in [-0.39, 0.29) is 5.56 Å². The van der Waals surface area contributed by atoms with Crippen LogP contribution in [-0.2, 0) is 0 Å². The largest absolute Gasteiger partial charge is 0.317 e. The Labute approximate surface area is 98.5 Å². The van der Waals surface area contributed by atoms with Crippen molar-refractivity contribution in [1.82, 2.24) is 19.9 Å². The van der Waals surface area contributed by atoms with Crippen LogP contribution < -0.4 is 10.9 Å². The molecule has 1 N–H and O–H groups in total. The van der Waals surface area contributed by atoms with Gasteiger partial charge in [0.1, 0.15) is 0 Å². The van der Waals surface area contributed by atoms with E-state index in [4.69, 9.17) is 0 Å². The van der Waals surface area contributed by atoms with Gasteiger partial charge in [0, 0.05) is 24.0 Å². The van der Waals surface area contributed by atoms with Crippen molar-refractivity contribution in [3.8, 4) is 0 Å². The lowest BCUT2D eigenvalue weighted by molar-refractivity contribution is 0.460. The van der Waals surface area contributed by atoms with Crippen molar-refractivity contribution >= 4 is 5.65 Å². The normalized spacial score (nSPS) is 17.4. The fourth-order valence-electron chi connectivity index (χ4n) is 2.42. The molecule has 0 saturated carbocycles. The summed E-state index contributed by atoms with van der Waals surface area (Å²) in [5.41, 5.74) is 1.72. The average molecular weight is 230 g/mol. The molecule has 1 aliphatic rings. The number of nitrogens with one attached hydrogen (secondary N) is 1. The third-order valence-corrected chi connectivity index (χ3v) is 3.30. The first-order chi connectivity index (χ1) is 8.36. The molecule has 0 spiro atoms. The lowest BCUT2D eigenvalue weighted by atomic mass is 9.91. The van der Waals surface area contributed by atoms with Crippen molar-refractivity contribution in [1.29, 1.82) is 0 Å². The second-order valence-electron chi connectivity index (χ2n) is 4.33. The van der Waals surface area contributed by atoms with Crippen molar-refractivity contribution in [2.45, 2.75) is 18.8 Å². The van der Waals surface area contributed by atoms with Gasteiger partial charge in [0.25, 0.3) is 5.56 Å². The summed E-state index contributed by atoms with van der Waals surface area (Å²) in [5.74, 6) is 0.476. The molecule has 1 fully saturated rings. The van der Waals surface area contributed by atoms with E-state index in [1.165, 1.54) is 10.6 Å². The summed E-state index contributed by atoms with van der Waals surface area (Å²) in [6.07, 6.45) is 5.42. The van der Waals surface area contributed by atoms with Crippen molar-refractivity contribution in [3.63, 3.8) is 0 Å². The second-order valence-corrected chi connectivity index (χ2v) is 4.33. The minimum Gasteiger partial charge on any atom is -0.317 e. The molecule has 17 heavy (non-hydrogen) atoms. The van der Waals surface area contributed by atoms with Gasteiger partial charge in [-0.05, 0) is 37.9 Å². The molecule has 0 amide bonds. The Morgan fingerprint density at radius 1 is 1.24 bits per heavy atom. The third kappa shape index (κ3) is 1.82. The fraction of sp³-hybridized carbons (Fsp3) is 0.417. The Morgan fingerprint density at radius 3 is 2.88 bits per heavy atom. The van der Waals surface area contributed by atoms with Crippen LogP contribution in [0, 0.1) is 0 Å². The molecule has 0 bridgehead atoms. The Bertz CT molecular complexity index is 586. The van der Waals surface area contributed by atoms with Gasteiger partial charge >= 0.3 is 0 Å². The molecule has 3 rings (SSSR count). The maximum Gasteiger partial charge on any atom is 0.274 e. The number of aromatic nitrogens is 3. The first-order valence-corrected chi connectivity index (χ1v) is 5.90. The standard InChI is InChI=1S/C12H14N4O/c17-11-4-7-14-12-10(3-8-15-16(11)12)9-1-5-13-6-2-9/h3-4,7-9,13H,1-2,5-6H2. The summed E-state index contributed by atoms with van der Waals surface area (Å²) in [4.78, 5) is 16.0. The molecule has 0 atom stereocenters. The van der Waals surface area contributed by atoms with Gasteiger partial charge in [0.15, 0.2) is 5.65 Å². The smallest absolute Gasteiger partial charge is 0.274 e. The van der Waals surface area contributed by atoms with Gasteiger partial charge < -0.3 is 5.32 Å². The van der Waals surface area contributed by atoms with E-state index in [1.54, 1.807) is 12.4 Å². The summed E-state index contributed by atoms with van der Waals surface area (Å²) in [6, 6.07) is 3.42. The zero-order chi connectivity index (χ0) is 11.7.